The minimum atomic E-state index is -0.624. The van der Waals surface area contributed by atoms with Gasteiger partial charge < -0.3 is 30.6 Å². The van der Waals surface area contributed by atoms with Crippen LogP contribution in [-0.2, 0) is 0 Å². The van der Waals surface area contributed by atoms with E-state index >= 15 is 0 Å². The maximum atomic E-state index is 9.05. The number of phenolic OH excluding ortho intramolecular Hbond substituents is 4. The lowest BCUT2D eigenvalue weighted by Crippen LogP contribution is -1.89. The fraction of sp³-hybridized carbons (Fsp3) is 0.250. The number of aliphatic hydroxyl groups is 2. The first-order valence-electron chi connectivity index (χ1n) is 6.62. The molecule has 2 aromatic carbocycles. The molecule has 0 amide bonds. The van der Waals surface area contributed by atoms with Crippen molar-refractivity contribution in [2.24, 2.45) is 0 Å². The van der Waals surface area contributed by atoms with Crippen molar-refractivity contribution in [2.45, 2.75) is 26.1 Å². The summed E-state index contributed by atoms with van der Waals surface area (Å²) in [6.07, 6.45) is -1.25. The number of hydrogen-bond acceptors (Lipinski definition) is 6. The highest BCUT2D eigenvalue weighted by Gasteiger charge is 2.04. The lowest BCUT2D eigenvalue weighted by atomic mass is 10.1. The molecule has 2 unspecified atom stereocenters. The summed E-state index contributed by atoms with van der Waals surface area (Å²) in [5.74, 6) is -0.754. The van der Waals surface area contributed by atoms with E-state index in [2.05, 4.69) is 0 Å². The predicted octanol–water partition coefficient (Wildman–Crippen LogP) is 2.30. The Bertz CT molecular complexity index is 567. The fourth-order valence-corrected chi connectivity index (χ4v) is 1.60. The minimum absolute atomic E-state index is 0.172. The van der Waals surface area contributed by atoms with Crippen molar-refractivity contribution in [2.75, 3.05) is 0 Å². The Morgan fingerprint density at radius 2 is 0.909 bits per heavy atom. The van der Waals surface area contributed by atoms with Gasteiger partial charge in [-0.3, -0.25) is 0 Å². The molecule has 2 atom stereocenters. The van der Waals surface area contributed by atoms with Crippen LogP contribution in [0.3, 0.4) is 0 Å². The van der Waals surface area contributed by atoms with Gasteiger partial charge in [0.2, 0.25) is 0 Å². The molecule has 0 saturated carbocycles. The van der Waals surface area contributed by atoms with Gasteiger partial charge in [-0.1, -0.05) is 12.1 Å². The van der Waals surface area contributed by atoms with E-state index in [1.165, 1.54) is 24.3 Å². The second kappa shape index (κ2) is 7.53. The molecule has 0 aliphatic heterocycles. The summed E-state index contributed by atoms with van der Waals surface area (Å²) in [6, 6.07) is 8.47. The molecule has 0 heterocycles. The molecule has 0 spiro atoms. The highest BCUT2D eigenvalue weighted by Crippen LogP contribution is 2.28. The van der Waals surface area contributed by atoms with Crippen LogP contribution in [0.5, 0.6) is 23.0 Å². The zero-order valence-electron chi connectivity index (χ0n) is 12.3. The highest BCUT2D eigenvalue weighted by atomic mass is 16.3. The van der Waals surface area contributed by atoms with Crippen LogP contribution in [0.4, 0.5) is 0 Å². The zero-order chi connectivity index (χ0) is 16.9. The van der Waals surface area contributed by atoms with Gasteiger partial charge in [0, 0.05) is 0 Å². The average Bonchev–Trinajstić information content (AvgIpc) is 2.45. The van der Waals surface area contributed by atoms with E-state index in [1.807, 2.05) is 0 Å². The molecular weight excluding hydrogens is 288 g/mol. The van der Waals surface area contributed by atoms with Gasteiger partial charge in [-0.2, -0.15) is 0 Å². The third kappa shape index (κ3) is 4.83. The van der Waals surface area contributed by atoms with Crippen molar-refractivity contribution < 1.29 is 30.6 Å². The Labute approximate surface area is 128 Å². The van der Waals surface area contributed by atoms with E-state index in [0.29, 0.717) is 11.1 Å². The van der Waals surface area contributed by atoms with Gasteiger partial charge in [0.05, 0.1) is 12.2 Å². The molecule has 6 heteroatoms. The van der Waals surface area contributed by atoms with Gasteiger partial charge >= 0.3 is 0 Å². The van der Waals surface area contributed by atoms with E-state index < -0.39 is 12.2 Å². The molecule has 0 aromatic heterocycles. The SMILES string of the molecule is CC(O)c1ccc(O)c(O)c1.CC(O)c1ccc(O)c(O)c1. The molecule has 0 saturated heterocycles. The summed E-state index contributed by atoms with van der Waals surface area (Å²) < 4.78 is 0. The normalized spacial score (nSPS) is 12.9. The van der Waals surface area contributed by atoms with E-state index in [1.54, 1.807) is 26.0 Å². The number of aliphatic hydroxyl groups excluding tert-OH is 2. The Hall–Kier alpha value is -2.44. The number of rotatable bonds is 2. The van der Waals surface area contributed by atoms with Crippen LogP contribution in [0.25, 0.3) is 0 Å². The Balaban J connectivity index is 0.000000220. The largest absolute Gasteiger partial charge is 0.504 e. The fourth-order valence-electron chi connectivity index (χ4n) is 1.60. The second-order valence-corrected chi connectivity index (χ2v) is 4.85. The van der Waals surface area contributed by atoms with E-state index in [0.717, 1.165) is 0 Å². The van der Waals surface area contributed by atoms with Crippen LogP contribution in [-0.4, -0.2) is 30.6 Å². The van der Waals surface area contributed by atoms with Crippen molar-refractivity contribution >= 4 is 0 Å². The van der Waals surface area contributed by atoms with Crippen LogP contribution in [0, 0.1) is 0 Å². The molecule has 6 nitrogen and oxygen atoms in total. The molecule has 0 aliphatic rings. The molecule has 0 bridgehead atoms. The first-order valence-corrected chi connectivity index (χ1v) is 6.62. The summed E-state index contributed by atoms with van der Waals surface area (Å²) in [7, 11) is 0. The maximum absolute atomic E-state index is 9.05. The predicted molar refractivity (Wildman–Crippen MR) is 80.8 cm³/mol. The highest BCUT2D eigenvalue weighted by molar-refractivity contribution is 5.41. The lowest BCUT2D eigenvalue weighted by molar-refractivity contribution is 0.198. The zero-order valence-corrected chi connectivity index (χ0v) is 12.3. The van der Waals surface area contributed by atoms with Gasteiger partial charge in [0.15, 0.2) is 23.0 Å². The quantitative estimate of drug-likeness (QED) is 0.473. The molecule has 22 heavy (non-hydrogen) atoms. The van der Waals surface area contributed by atoms with Gasteiger partial charge in [-0.25, -0.2) is 0 Å². The summed E-state index contributed by atoms with van der Waals surface area (Å²) in [5, 5.41) is 53.9. The van der Waals surface area contributed by atoms with E-state index in [-0.39, 0.29) is 23.0 Å². The molecule has 2 rings (SSSR count). The molecular formula is C16H20O6. The topological polar surface area (TPSA) is 121 Å². The Morgan fingerprint density at radius 3 is 1.14 bits per heavy atom. The minimum Gasteiger partial charge on any atom is -0.504 e. The van der Waals surface area contributed by atoms with Crippen LogP contribution in [0.2, 0.25) is 0 Å². The second-order valence-electron chi connectivity index (χ2n) is 4.85. The Kier molecular flexibility index (Phi) is 6.03. The number of aromatic hydroxyl groups is 4. The summed E-state index contributed by atoms with van der Waals surface area (Å²) in [4.78, 5) is 0. The lowest BCUT2D eigenvalue weighted by Gasteiger charge is -2.04. The molecule has 0 aliphatic carbocycles. The van der Waals surface area contributed by atoms with Crippen molar-refractivity contribution in [3.05, 3.63) is 47.5 Å². The monoisotopic (exact) mass is 308 g/mol. The summed E-state index contributed by atoms with van der Waals surface area (Å²) in [6.45, 7) is 3.18. The van der Waals surface area contributed by atoms with Crippen LogP contribution in [0.1, 0.15) is 37.2 Å². The third-order valence-electron chi connectivity index (χ3n) is 2.96. The Morgan fingerprint density at radius 1 is 0.591 bits per heavy atom. The molecule has 120 valence electrons. The van der Waals surface area contributed by atoms with Crippen molar-refractivity contribution in [3.63, 3.8) is 0 Å². The van der Waals surface area contributed by atoms with E-state index in [4.69, 9.17) is 30.6 Å². The maximum Gasteiger partial charge on any atom is 0.157 e. The smallest absolute Gasteiger partial charge is 0.157 e. The third-order valence-corrected chi connectivity index (χ3v) is 2.96. The molecule has 0 fully saturated rings. The van der Waals surface area contributed by atoms with Gasteiger partial charge in [-0.15, -0.1) is 0 Å². The van der Waals surface area contributed by atoms with E-state index in [9.17, 15) is 0 Å². The summed E-state index contributed by atoms with van der Waals surface area (Å²) in [5.41, 5.74) is 1.17. The van der Waals surface area contributed by atoms with Crippen LogP contribution >= 0.6 is 0 Å². The summed E-state index contributed by atoms with van der Waals surface area (Å²) >= 11 is 0. The van der Waals surface area contributed by atoms with Crippen molar-refractivity contribution in [1.29, 1.82) is 0 Å². The van der Waals surface area contributed by atoms with Crippen LogP contribution in [0.15, 0.2) is 36.4 Å². The number of phenols is 4. The van der Waals surface area contributed by atoms with Crippen molar-refractivity contribution in [1.82, 2.24) is 0 Å². The standard InChI is InChI=1S/2C8H10O3/c2*1-5(9)6-2-3-7(10)8(11)4-6/h2*2-5,9-11H,1H3. The van der Waals surface area contributed by atoms with Gasteiger partial charge in [0.25, 0.3) is 0 Å². The average molecular weight is 308 g/mol. The van der Waals surface area contributed by atoms with Crippen LogP contribution < -0.4 is 0 Å². The first-order chi connectivity index (χ1) is 10.2. The number of hydrogen-bond donors (Lipinski definition) is 6. The van der Waals surface area contributed by atoms with Gasteiger partial charge in [-0.05, 0) is 49.2 Å². The molecule has 6 N–H and O–H groups in total. The number of benzene rings is 2. The molecule has 0 radical (unpaired) electrons. The van der Waals surface area contributed by atoms with Crippen molar-refractivity contribution in [3.8, 4) is 23.0 Å². The van der Waals surface area contributed by atoms with Gasteiger partial charge in [0.1, 0.15) is 0 Å². The first kappa shape index (κ1) is 17.6. The molecule has 2 aromatic rings.